The van der Waals surface area contributed by atoms with E-state index in [1.807, 2.05) is 0 Å². The Bertz CT molecular complexity index is 1550. The fourth-order valence-corrected chi connectivity index (χ4v) is 5.18. The molecule has 1 unspecified atom stereocenters. The Kier molecular flexibility index (Phi) is 6.63. The molecule has 0 aliphatic rings. The summed E-state index contributed by atoms with van der Waals surface area (Å²) in [5.41, 5.74) is 1.66. The molecule has 37 heavy (non-hydrogen) atoms. The zero-order valence-electron chi connectivity index (χ0n) is 19.6. The number of imidazole rings is 1. The van der Waals surface area contributed by atoms with Crippen LogP contribution in [0, 0.1) is 6.92 Å². The lowest BCUT2D eigenvalue weighted by atomic mass is 10.2. The standard InChI is InChI=1S/C24H21N5O6S2/c1-14-13-20(28-35-14)29-37(31,32)17-9-7-16(8-10-17)25-23(30)15(2)36-24-26-21(18-5-3-11-33-18)22(27-24)19-6-4-12-34-19/h3-13,15H,1-2H3,(H,25,30)(H,26,27)(H,28,29). The van der Waals surface area contributed by atoms with Gasteiger partial charge in [0.25, 0.3) is 10.0 Å². The van der Waals surface area contributed by atoms with Crippen LogP contribution in [0.2, 0.25) is 0 Å². The van der Waals surface area contributed by atoms with Gasteiger partial charge in [-0.1, -0.05) is 16.9 Å². The average molecular weight is 540 g/mol. The predicted molar refractivity (Wildman–Crippen MR) is 136 cm³/mol. The highest BCUT2D eigenvalue weighted by Gasteiger charge is 2.22. The Morgan fingerprint density at radius 2 is 1.76 bits per heavy atom. The maximum atomic E-state index is 12.8. The van der Waals surface area contributed by atoms with Crippen molar-refractivity contribution in [2.45, 2.75) is 29.1 Å². The van der Waals surface area contributed by atoms with E-state index in [2.05, 4.69) is 25.2 Å². The van der Waals surface area contributed by atoms with E-state index >= 15 is 0 Å². The van der Waals surface area contributed by atoms with Crippen LogP contribution in [0.4, 0.5) is 11.5 Å². The summed E-state index contributed by atoms with van der Waals surface area (Å²) in [7, 11) is -3.86. The lowest BCUT2D eigenvalue weighted by Gasteiger charge is -2.11. The summed E-state index contributed by atoms with van der Waals surface area (Å²) < 4.78 is 43.3. The fraction of sp³-hybridized carbons (Fsp3) is 0.125. The molecule has 4 aromatic heterocycles. The Morgan fingerprint density at radius 1 is 1.05 bits per heavy atom. The Balaban J connectivity index is 1.26. The van der Waals surface area contributed by atoms with Crippen LogP contribution in [0.1, 0.15) is 12.7 Å². The van der Waals surface area contributed by atoms with Crippen LogP contribution in [-0.4, -0.2) is 34.7 Å². The van der Waals surface area contributed by atoms with Gasteiger partial charge >= 0.3 is 0 Å². The molecule has 190 valence electrons. The second-order valence-electron chi connectivity index (χ2n) is 7.92. The molecule has 13 heteroatoms. The van der Waals surface area contributed by atoms with Gasteiger partial charge in [0.05, 0.1) is 22.7 Å². The topological polar surface area (TPSA) is 156 Å². The highest BCUT2D eigenvalue weighted by Crippen LogP contribution is 2.34. The zero-order valence-corrected chi connectivity index (χ0v) is 21.2. The van der Waals surface area contributed by atoms with E-state index in [4.69, 9.17) is 13.4 Å². The molecule has 3 N–H and O–H groups in total. The van der Waals surface area contributed by atoms with Crippen LogP contribution in [0.25, 0.3) is 22.9 Å². The van der Waals surface area contributed by atoms with Crippen molar-refractivity contribution < 1.29 is 26.6 Å². The van der Waals surface area contributed by atoms with Crippen LogP contribution in [0.3, 0.4) is 0 Å². The molecule has 0 radical (unpaired) electrons. The van der Waals surface area contributed by atoms with E-state index in [-0.39, 0.29) is 16.6 Å². The first-order valence-corrected chi connectivity index (χ1v) is 13.4. The number of rotatable bonds is 9. The number of benzene rings is 1. The summed E-state index contributed by atoms with van der Waals surface area (Å²) in [4.78, 5) is 20.6. The van der Waals surface area contributed by atoms with Crippen molar-refractivity contribution in [1.82, 2.24) is 15.1 Å². The number of thioether (sulfide) groups is 1. The average Bonchev–Trinajstić information content (AvgIpc) is 3.67. The molecule has 0 saturated carbocycles. The van der Waals surface area contributed by atoms with Crippen LogP contribution >= 0.6 is 11.8 Å². The smallest absolute Gasteiger partial charge is 0.263 e. The third-order valence-electron chi connectivity index (χ3n) is 5.16. The van der Waals surface area contributed by atoms with Crippen molar-refractivity contribution >= 4 is 39.2 Å². The van der Waals surface area contributed by atoms with Gasteiger partial charge in [-0.05, 0) is 62.4 Å². The first-order valence-electron chi connectivity index (χ1n) is 11.0. The van der Waals surface area contributed by atoms with Crippen molar-refractivity contribution in [3.63, 3.8) is 0 Å². The number of nitrogens with zero attached hydrogens (tertiary/aromatic N) is 2. The summed E-state index contributed by atoms with van der Waals surface area (Å²) in [6.45, 7) is 3.40. The quantitative estimate of drug-likeness (QED) is 0.216. The van der Waals surface area contributed by atoms with Crippen molar-refractivity contribution in [3.8, 4) is 22.9 Å². The highest BCUT2D eigenvalue weighted by molar-refractivity contribution is 8.00. The van der Waals surface area contributed by atoms with Crippen LogP contribution < -0.4 is 10.0 Å². The maximum Gasteiger partial charge on any atom is 0.263 e. The van der Waals surface area contributed by atoms with E-state index in [1.165, 1.54) is 42.1 Å². The Hall–Kier alpha value is -4.23. The predicted octanol–water partition coefficient (Wildman–Crippen LogP) is 5.15. The van der Waals surface area contributed by atoms with E-state index in [1.54, 1.807) is 50.6 Å². The van der Waals surface area contributed by atoms with Gasteiger partial charge in [0, 0.05) is 11.8 Å². The number of H-pyrrole nitrogens is 1. The van der Waals surface area contributed by atoms with Gasteiger partial charge in [0.2, 0.25) is 5.91 Å². The van der Waals surface area contributed by atoms with Crippen LogP contribution in [0.15, 0.2) is 90.5 Å². The van der Waals surface area contributed by atoms with E-state index in [9.17, 15) is 13.2 Å². The minimum Gasteiger partial charge on any atom is -0.463 e. The largest absolute Gasteiger partial charge is 0.463 e. The first kappa shape index (κ1) is 24.5. The van der Waals surface area contributed by atoms with Crippen molar-refractivity contribution in [2.75, 3.05) is 10.0 Å². The normalized spacial score (nSPS) is 12.4. The molecule has 5 aromatic rings. The summed E-state index contributed by atoms with van der Waals surface area (Å²) in [6, 6.07) is 14.4. The number of anilines is 2. The highest BCUT2D eigenvalue weighted by atomic mass is 32.2. The number of sulfonamides is 1. The minimum atomic E-state index is -3.86. The molecule has 0 saturated heterocycles. The second kappa shape index (κ2) is 10.0. The number of nitrogens with one attached hydrogen (secondary N) is 3. The molecule has 11 nitrogen and oxygen atoms in total. The summed E-state index contributed by atoms with van der Waals surface area (Å²) in [5.74, 6) is 1.43. The molecular formula is C24H21N5O6S2. The number of hydrogen-bond donors (Lipinski definition) is 3. The van der Waals surface area contributed by atoms with Gasteiger partial charge in [-0.15, -0.1) is 0 Å². The third kappa shape index (κ3) is 5.47. The number of hydrogen-bond acceptors (Lipinski definition) is 9. The maximum absolute atomic E-state index is 12.8. The molecule has 0 aliphatic heterocycles. The van der Waals surface area contributed by atoms with Crippen molar-refractivity contribution in [2.24, 2.45) is 0 Å². The molecule has 0 fully saturated rings. The molecule has 0 aliphatic carbocycles. The number of amides is 1. The molecule has 0 spiro atoms. The molecule has 4 heterocycles. The molecular weight excluding hydrogens is 518 g/mol. The summed E-state index contributed by atoms with van der Waals surface area (Å²) >= 11 is 1.23. The number of carbonyl (C=O) groups is 1. The Labute approximate surface area is 215 Å². The van der Waals surface area contributed by atoms with Gasteiger partial charge in [0.1, 0.15) is 17.1 Å². The van der Waals surface area contributed by atoms with Crippen LogP contribution in [0.5, 0.6) is 0 Å². The second-order valence-corrected chi connectivity index (χ2v) is 10.9. The van der Waals surface area contributed by atoms with E-state index in [0.717, 1.165) is 0 Å². The number of aryl methyl sites for hydroxylation is 1. The van der Waals surface area contributed by atoms with Crippen molar-refractivity contribution in [1.29, 1.82) is 0 Å². The lowest BCUT2D eigenvalue weighted by Crippen LogP contribution is -2.22. The Morgan fingerprint density at radius 3 is 2.38 bits per heavy atom. The lowest BCUT2D eigenvalue weighted by molar-refractivity contribution is -0.115. The van der Waals surface area contributed by atoms with E-state index in [0.29, 0.717) is 39.5 Å². The number of aromatic amines is 1. The van der Waals surface area contributed by atoms with Gasteiger partial charge < -0.3 is 23.7 Å². The molecule has 0 bridgehead atoms. The number of aromatic nitrogens is 3. The monoisotopic (exact) mass is 539 g/mol. The first-order chi connectivity index (χ1) is 17.8. The van der Waals surface area contributed by atoms with Gasteiger partial charge in [0.15, 0.2) is 22.5 Å². The zero-order chi connectivity index (χ0) is 26.0. The summed E-state index contributed by atoms with van der Waals surface area (Å²) in [6.07, 6.45) is 3.12. The van der Waals surface area contributed by atoms with Crippen LogP contribution in [-0.2, 0) is 14.8 Å². The molecule has 1 atom stereocenters. The minimum absolute atomic E-state index is 0.0140. The van der Waals surface area contributed by atoms with Crippen molar-refractivity contribution in [3.05, 3.63) is 72.9 Å². The molecule has 1 amide bonds. The van der Waals surface area contributed by atoms with Gasteiger partial charge in [-0.25, -0.2) is 13.4 Å². The van der Waals surface area contributed by atoms with E-state index < -0.39 is 15.3 Å². The molecule has 1 aromatic carbocycles. The summed E-state index contributed by atoms with van der Waals surface area (Å²) in [5, 5.41) is 6.40. The van der Waals surface area contributed by atoms with Gasteiger partial charge in [-0.3, -0.25) is 9.52 Å². The van der Waals surface area contributed by atoms with Gasteiger partial charge in [-0.2, -0.15) is 0 Å². The fourth-order valence-electron chi connectivity index (χ4n) is 3.39. The number of furan rings is 2. The third-order valence-corrected chi connectivity index (χ3v) is 7.52. The molecule has 5 rings (SSSR count). The SMILES string of the molecule is Cc1cc(NS(=O)(=O)c2ccc(NC(=O)C(C)Sc3nc(-c4ccco4)c(-c4ccco4)[nH]3)cc2)no1. The number of carbonyl (C=O) groups excluding carboxylic acids is 1.